The largest absolute Gasteiger partial charge is 0.267 e. The Hall–Kier alpha value is -0.490. The van der Waals surface area contributed by atoms with Crippen molar-refractivity contribution in [2.75, 3.05) is 0 Å². The molecule has 6 heteroatoms. The molecule has 1 unspecified atom stereocenters. The van der Waals surface area contributed by atoms with Gasteiger partial charge in [-0.2, -0.15) is 8.42 Å². The molecule has 0 aromatic carbocycles. The third-order valence-electron chi connectivity index (χ3n) is 1.17. The van der Waals surface area contributed by atoms with Crippen molar-refractivity contribution in [2.24, 2.45) is 9.63 Å². The zero-order valence-corrected chi connectivity index (χ0v) is 7.16. The van der Waals surface area contributed by atoms with Crippen LogP contribution in [0, 0.1) is 0 Å². The lowest BCUT2D eigenvalue weighted by molar-refractivity contribution is 0.628. The van der Waals surface area contributed by atoms with Crippen LogP contribution in [-0.2, 0) is 18.9 Å². The zero-order chi connectivity index (χ0) is 7.72. The molecule has 1 atom stereocenters. The van der Waals surface area contributed by atoms with Crippen LogP contribution in [0.3, 0.4) is 0 Å². The molecule has 56 valence electrons. The van der Waals surface area contributed by atoms with E-state index in [1.165, 1.54) is 0 Å². The lowest BCUT2D eigenvalue weighted by Crippen LogP contribution is -1.82. The van der Waals surface area contributed by atoms with Crippen LogP contribution in [-0.4, -0.2) is 8.42 Å². The lowest BCUT2D eigenvalue weighted by Gasteiger charge is -1.85. The summed E-state index contributed by atoms with van der Waals surface area (Å²) in [4.78, 5) is 0.744. The van der Waals surface area contributed by atoms with E-state index in [1.807, 2.05) is 0 Å². The molecule has 0 N–H and O–H groups in total. The summed E-state index contributed by atoms with van der Waals surface area (Å²) in [6.45, 7) is 3.48. The third-order valence-corrected chi connectivity index (χ3v) is 4.20. The van der Waals surface area contributed by atoms with Crippen LogP contribution in [0.5, 0.6) is 0 Å². The first kappa shape index (κ1) is 7.62. The highest BCUT2D eigenvalue weighted by Gasteiger charge is 2.10. The van der Waals surface area contributed by atoms with Crippen molar-refractivity contribution in [3.8, 4) is 0 Å². The molecule has 0 fully saturated rings. The van der Waals surface area contributed by atoms with Crippen LogP contribution in [0.15, 0.2) is 20.2 Å². The van der Waals surface area contributed by atoms with Crippen molar-refractivity contribution >= 4 is 18.9 Å². The average Bonchev–Trinajstić information content (AvgIpc) is 2.14. The van der Waals surface area contributed by atoms with Crippen molar-refractivity contribution in [1.29, 1.82) is 0 Å². The van der Waals surface area contributed by atoms with Gasteiger partial charge >= 0.3 is 0 Å². The van der Waals surface area contributed by atoms with Crippen molar-refractivity contribution in [2.45, 2.75) is 13.8 Å². The number of hydrogen-bond acceptors (Lipinski definition) is 3. The van der Waals surface area contributed by atoms with Crippen LogP contribution < -0.4 is 0 Å². The van der Waals surface area contributed by atoms with Crippen molar-refractivity contribution < 1.29 is 8.42 Å². The normalized spacial score (nSPS) is 24.0. The summed E-state index contributed by atoms with van der Waals surface area (Å²) >= 11 is 0. The molecule has 0 aliphatic carbocycles. The van der Waals surface area contributed by atoms with E-state index < -0.39 is 18.9 Å². The van der Waals surface area contributed by atoms with E-state index in [4.69, 9.17) is 0 Å². The number of rotatable bonds is 0. The van der Waals surface area contributed by atoms with Gasteiger partial charge in [-0.1, -0.05) is 0 Å². The Morgan fingerprint density at radius 3 is 2.20 bits per heavy atom. The van der Waals surface area contributed by atoms with E-state index in [0.29, 0.717) is 5.70 Å². The predicted molar refractivity (Wildman–Crippen MR) is 39.5 cm³/mol. The van der Waals surface area contributed by atoms with E-state index in [0.717, 1.165) is 4.91 Å². The molecule has 0 saturated carbocycles. The number of allylic oxidation sites excluding steroid dienone is 2. The molecule has 0 saturated heterocycles. The van der Waals surface area contributed by atoms with E-state index in [1.54, 1.807) is 13.8 Å². The van der Waals surface area contributed by atoms with Gasteiger partial charge in [-0.05, 0) is 13.8 Å². The quantitative estimate of drug-likeness (QED) is 0.556. The van der Waals surface area contributed by atoms with Crippen LogP contribution >= 0.6 is 0 Å². The maximum Gasteiger partial charge on any atom is 0.267 e. The maximum atomic E-state index is 10.4. The molecular formula is C4H6N2O2S2. The molecule has 1 heterocycles. The fraction of sp³-hybridized carbons (Fsp3) is 0.500. The van der Waals surface area contributed by atoms with Crippen LogP contribution in [0.2, 0.25) is 0 Å². The molecule has 0 aromatic rings. The first-order chi connectivity index (χ1) is 4.63. The fourth-order valence-electron chi connectivity index (χ4n) is 0.486. The molecule has 0 spiro atoms. The minimum Gasteiger partial charge on any atom is -0.176 e. The van der Waals surface area contributed by atoms with Crippen molar-refractivity contribution in [3.63, 3.8) is 0 Å². The zero-order valence-electron chi connectivity index (χ0n) is 5.53. The Morgan fingerprint density at radius 2 is 2.00 bits per heavy atom. The van der Waals surface area contributed by atoms with E-state index in [-0.39, 0.29) is 0 Å². The van der Waals surface area contributed by atoms with E-state index in [9.17, 15) is 8.42 Å². The van der Waals surface area contributed by atoms with Crippen LogP contribution in [0.4, 0.5) is 0 Å². The Bertz CT molecular complexity index is 341. The van der Waals surface area contributed by atoms with Crippen LogP contribution in [0.1, 0.15) is 13.8 Å². The smallest absolute Gasteiger partial charge is 0.176 e. The molecule has 0 aromatic heterocycles. The van der Waals surface area contributed by atoms with Crippen LogP contribution in [0.25, 0.3) is 0 Å². The minimum absolute atomic E-state index is 0.715. The van der Waals surface area contributed by atoms with Gasteiger partial charge in [0.15, 0.2) is 0 Å². The Kier molecular flexibility index (Phi) is 2.00. The lowest BCUT2D eigenvalue weighted by atomic mass is 10.5. The Balaban J connectivity index is 3.38. The topological polar surface area (TPSA) is 58.9 Å². The summed E-state index contributed by atoms with van der Waals surface area (Å²) in [5.74, 6) is 0. The van der Waals surface area contributed by atoms with E-state index >= 15 is 0 Å². The third kappa shape index (κ3) is 1.17. The van der Waals surface area contributed by atoms with Gasteiger partial charge in [-0.15, -0.1) is 9.63 Å². The summed E-state index contributed by atoms with van der Waals surface area (Å²) < 4.78 is 24.3. The highest BCUT2D eigenvalue weighted by molar-refractivity contribution is 8.35. The summed E-state index contributed by atoms with van der Waals surface area (Å²) in [6.07, 6.45) is 0. The molecule has 10 heavy (non-hydrogen) atoms. The van der Waals surface area contributed by atoms with Gasteiger partial charge in [0, 0.05) is 4.91 Å². The SMILES string of the molecule is CC1=C(C)S(=S(=O)=O)N=N1. The molecule has 0 bridgehead atoms. The van der Waals surface area contributed by atoms with E-state index in [2.05, 4.69) is 9.63 Å². The second-order valence-electron chi connectivity index (χ2n) is 1.78. The Labute approximate surface area is 61.9 Å². The highest BCUT2D eigenvalue weighted by atomic mass is 32.9. The van der Waals surface area contributed by atoms with Gasteiger partial charge in [-0.25, -0.2) is 0 Å². The molecule has 4 nitrogen and oxygen atoms in total. The highest BCUT2D eigenvalue weighted by Crippen LogP contribution is 2.19. The standard InChI is InChI=1S/C4H6N2O2S2/c1-3-4(2)9(6-5-3)10(7)8/h1-2H3. The summed E-state index contributed by atoms with van der Waals surface area (Å²) in [5, 5.41) is 3.64. The fourth-order valence-corrected chi connectivity index (χ4v) is 2.59. The summed E-state index contributed by atoms with van der Waals surface area (Å²) in [7, 11) is -3.13. The van der Waals surface area contributed by atoms with Gasteiger partial charge in [0.25, 0.3) is 9.26 Å². The molecule has 1 aliphatic heterocycles. The monoisotopic (exact) mass is 178 g/mol. The second-order valence-corrected chi connectivity index (χ2v) is 5.22. The van der Waals surface area contributed by atoms with Crippen molar-refractivity contribution in [3.05, 3.63) is 10.6 Å². The maximum absolute atomic E-state index is 10.4. The van der Waals surface area contributed by atoms with Crippen molar-refractivity contribution in [1.82, 2.24) is 0 Å². The second kappa shape index (κ2) is 2.63. The molecule has 0 amide bonds. The van der Waals surface area contributed by atoms with Gasteiger partial charge < -0.3 is 0 Å². The molecule has 0 radical (unpaired) electrons. The van der Waals surface area contributed by atoms with Gasteiger partial charge in [0.1, 0.15) is 0 Å². The van der Waals surface area contributed by atoms with Gasteiger partial charge in [0.05, 0.1) is 15.3 Å². The first-order valence-corrected chi connectivity index (χ1v) is 5.33. The average molecular weight is 178 g/mol. The number of hydrogen-bond donors (Lipinski definition) is 0. The predicted octanol–water partition coefficient (Wildman–Crippen LogP) is 1.03. The summed E-state index contributed by atoms with van der Waals surface area (Å²) in [6, 6.07) is 0. The Morgan fingerprint density at radius 1 is 1.40 bits per heavy atom. The first-order valence-electron chi connectivity index (χ1n) is 2.56. The molecular weight excluding hydrogens is 172 g/mol. The van der Waals surface area contributed by atoms with Gasteiger partial charge in [-0.3, -0.25) is 0 Å². The number of nitrogens with zero attached hydrogens (tertiary/aromatic N) is 2. The minimum atomic E-state index is -2.13. The molecule has 1 rings (SSSR count). The molecule has 1 aliphatic rings. The van der Waals surface area contributed by atoms with Gasteiger partial charge in [0.2, 0.25) is 0 Å². The summed E-state index contributed by atoms with van der Waals surface area (Å²) in [5.41, 5.74) is 0.715.